The average Bonchev–Trinajstić information content (AvgIpc) is 3.20. The Labute approximate surface area is 176 Å². The van der Waals surface area contributed by atoms with Gasteiger partial charge >= 0.3 is 0 Å². The zero-order valence-electron chi connectivity index (χ0n) is 17.4. The predicted molar refractivity (Wildman–Crippen MR) is 113 cm³/mol. The molecule has 0 aliphatic carbocycles. The van der Waals surface area contributed by atoms with Crippen LogP contribution in [0.25, 0.3) is 0 Å². The number of carbonyl (C=O) groups excluding carboxylic acids is 2. The van der Waals surface area contributed by atoms with Crippen LogP contribution in [0.5, 0.6) is 0 Å². The molecule has 2 fully saturated rings. The third-order valence-electron chi connectivity index (χ3n) is 6.24. The molecular formula is C21H33N3O4S. The Morgan fingerprint density at radius 3 is 2.17 bits per heavy atom. The van der Waals surface area contributed by atoms with Crippen LogP contribution in [0, 0.1) is 23.7 Å². The highest BCUT2D eigenvalue weighted by Gasteiger charge is 2.27. The summed E-state index contributed by atoms with van der Waals surface area (Å²) in [5.41, 5.74) is 0.892. The summed E-state index contributed by atoms with van der Waals surface area (Å²) in [6.45, 7) is 7.52. The van der Waals surface area contributed by atoms with Gasteiger partial charge in [0.2, 0.25) is 11.8 Å². The molecule has 8 heteroatoms. The summed E-state index contributed by atoms with van der Waals surface area (Å²) in [7, 11) is 0. The molecule has 2 saturated heterocycles. The van der Waals surface area contributed by atoms with E-state index in [1.54, 1.807) is 0 Å². The molecule has 3 heterocycles. The summed E-state index contributed by atoms with van der Waals surface area (Å²) in [4.78, 5) is 29.4. The van der Waals surface area contributed by atoms with E-state index in [0.29, 0.717) is 29.9 Å². The number of carbonyl (C=O) groups is 2. The number of thiazole rings is 1. The molecule has 1 aromatic rings. The van der Waals surface area contributed by atoms with Gasteiger partial charge in [0.1, 0.15) is 0 Å². The molecule has 2 N–H and O–H groups in total. The number of hydrogen-bond donors (Lipinski definition) is 2. The maximum Gasteiger partial charge on any atom is 0.229 e. The van der Waals surface area contributed by atoms with E-state index in [1.165, 1.54) is 11.3 Å². The fourth-order valence-corrected chi connectivity index (χ4v) is 4.78. The molecule has 0 spiro atoms. The molecule has 1 aromatic heterocycles. The Kier molecular flexibility index (Phi) is 8.44. The zero-order chi connectivity index (χ0) is 20.6. The topological polar surface area (TPSA) is 89.6 Å². The second-order valence-corrected chi connectivity index (χ2v) is 9.01. The molecule has 0 saturated carbocycles. The fourth-order valence-electron chi connectivity index (χ4n) is 4.03. The molecule has 0 aromatic carbocycles. The smallest absolute Gasteiger partial charge is 0.229 e. The third kappa shape index (κ3) is 6.49. The third-order valence-corrected chi connectivity index (χ3v) is 7.04. The van der Waals surface area contributed by atoms with E-state index >= 15 is 0 Å². The first-order valence-electron chi connectivity index (χ1n) is 10.7. The van der Waals surface area contributed by atoms with Gasteiger partial charge in [0.15, 0.2) is 5.13 Å². The summed E-state index contributed by atoms with van der Waals surface area (Å²) in [6, 6.07) is 0. The van der Waals surface area contributed by atoms with Gasteiger partial charge in [0.25, 0.3) is 0 Å². The lowest BCUT2D eigenvalue weighted by molar-refractivity contribution is -0.127. The highest BCUT2D eigenvalue weighted by molar-refractivity contribution is 7.13. The Bertz CT molecular complexity index is 669. The summed E-state index contributed by atoms with van der Waals surface area (Å²) in [5, 5.41) is 8.55. The Morgan fingerprint density at radius 2 is 1.59 bits per heavy atom. The standard InChI is InChI=1S/C21H33N3O4S/c1-14(16-4-9-27-10-5-16)19(25)22-8-3-18-13-29-21(23-18)24-20(26)15(2)17-6-11-28-12-7-17/h13-17H,3-12H2,1-2H3,(H,22,25)(H,23,24,26)/t14-,15-/m1/s1. The first kappa shape index (κ1) is 22.2. The van der Waals surface area contributed by atoms with Crippen LogP contribution in [-0.4, -0.2) is 49.8 Å². The van der Waals surface area contributed by atoms with Crippen molar-refractivity contribution in [2.45, 2.75) is 46.0 Å². The number of nitrogens with one attached hydrogen (secondary N) is 2. The molecule has 7 nitrogen and oxygen atoms in total. The van der Waals surface area contributed by atoms with Crippen LogP contribution >= 0.6 is 11.3 Å². The summed E-state index contributed by atoms with van der Waals surface area (Å²) in [6.07, 6.45) is 4.44. The summed E-state index contributed by atoms with van der Waals surface area (Å²) >= 11 is 1.44. The molecule has 0 bridgehead atoms. The summed E-state index contributed by atoms with van der Waals surface area (Å²) < 4.78 is 10.8. The number of rotatable bonds is 8. The van der Waals surface area contributed by atoms with Gasteiger partial charge in [-0.1, -0.05) is 13.8 Å². The van der Waals surface area contributed by atoms with Crippen LogP contribution in [0.1, 0.15) is 45.2 Å². The lowest BCUT2D eigenvalue weighted by Crippen LogP contribution is -2.36. The van der Waals surface area contributed by atoms with Crippen molar-refractivity contribution in [3.8, 4) is 0 Å². The van der Waals surface area contributed by atoms with Crippen LogP contribution in [0.2, 0.25) is 0 Å². The molecule has 2 atom stereocenters. The molecular weight excluding hydrogens is 390 g/mol. The van der Waals surface area contributed by atoms with Crippen molar-refractivity contribution in [1.82, 2.24) is 10.3 Å². The molecule has 2 aliphatic rings. The largest absolute Gasteiger partial charge is 0.381 e. The molecule has 2 aliphatic heterocycles. The monoisotopic (exact) mass is 423 g/mol. The Balaban J connectivity index is 1.39. The molecule has 3 rings (SSSR count). The molecule has 2 amide bonds. The van der Waals surface area contributed by atoms with Gasteiger partial charge in [0.05, 0.1) is 5.69 Å². The normalized spacial score (nSPS) is 20.8. The zero-order valence-corrected chi connectivity index (χ0v) is 18.3. The van der Waals surface area contributed by atoms with Gasteiger partial charge in [-0.2, -0.15) is 0 Å². The van der Waals surface area contributed by atoms with Crippen LogP contribution in [-0.2, 0) is 25.5 Å². The van der Waals surface area contributed by atoms with E-state index < -0.39 is 0 Å². The Morgan fingerprint density at radius 1 is 1.03 bits per heavy atom. The molecule has 162 valence electrons. The van der Waals surface area contributed by atoms with Gasteiger partial charge in [-0.25, -0.2) is 4.98 Å². The van der Waals surface area contributed by atoms with E-state index in [-0.39, 0.29) is 23.7 Å². The van der Waals surface area contributed by atoms with Gasteiger partial charge in [0, 0.05) is 56.6 Å². The SMILES string of the molecule is C[C@@H](C(=O)NCCc1csc(NC(=O)[C@H](C)C2CCOCC2)n1)C1CCOCC1. The van der Waals surface area contributed by atoms with Crippen molar-refractivity contribution in [2.75, 3.05) is 38.3 Å². The minimum Gasteiger partial charge on any atom is -0.381 e. The number of aromatic nitrogens is 1. The average molecular weight is 424 g/mol. The lowest BCUT2D eigenvalue weighted by atomic mass is 9.87. The fraction of sp³-hybridized carbons (Fsp3) is 0.762. The van der Waals surface area contributed by atoms with Gasteiger partial charge < -0.3 is 20.1 Å². The van der Waals surface area contributed by atoms with Crippen molar-refractivity contribution in [3.63, 3.8) is 0 Å². The minimum absolute atomic E-state index is 0.0101. The minimum atomic E-state index is -0.0442. The highest BCUT2D eigenvalue weighted by atomic mass is 32.1. The second-order valence-electron chi connectivity index (χ2n) is 8.15. The molecule has 29 heavy (non-hydrogen) atoms. The quantitative estimate of drug-likeness (QED) is 0.671. The van der Waals surface area contributed by atoms with E-state index in [4.69, 9.17) is 9.47 Å². The number of nitrogens with zero attached hydrogens (tertiary/aromatic N) is 1. The number of anilines is 1. The van der Waals surface area contributed by atoms with Gasteiger partial charge in [-0.3, -0.25) is 9.59 Å². The van der Waals surface area contributed by atoms with E-state index in [9.17, 15) is 9.59 Å². The Hall–Kier alpha value is -1.51. The van der Waals surface area contributed by atoms with Crippen LogP contribution in [0.3, 0.4) is 0 Å². The van der Waals surface area contributed by atoms with Crippen LogP contribution in [0.15, 0.2) is 5.38 Å². The summed E-state index contributed by atoms with van der Waals surface area (Å²) in [5.74, 6) is 0.870. The maximum atomic E-state index is 12.5. The van der Waals surface area contributed by atoms with E-state index in [2.05, 4.69) is 15.6 Å². The predicted octanol–water partition coefficient (Wildman–Crippen LogP) is 2.87. The lowest BCUT2D eigenvalue weighted by Gasteiger charge is -2.26. The van der Waals surface area contributed by atoms with Gasteiger partial charge in [-0.05, 0) is 37.5 Å². The molecule has 0 radical (unpaired) electrons. The highest BCUT2D eigenvalue weighted by Crippen LogP contribution is 2.26. The van der Waals surface area contributed by atoms with Crippen molar-refractivity contribution >= 4 is 28.3 Å². The van der Waals surface area contributed by atoms with Crippen molar-refractivity contribution in [2.24, 2.45) is 23.7 Å². The number of ether oxygens (including phenoxy) is 2. The molecule has 0 unspecified atom stereocenters. The number of hydrogen-bond acceptors (Lipinski definition) is 6. The van der Waals surface area contributed by atoms with Crippen LogP contribution < -0.4 is 10.6 Å². The van der Waals surface area contributed by atoms with Gasteiger partial charge in [-0.15, -0.1) is 11.3 Å². The van der Waals surface area contributed by atoms with E-state index in [1.807, 2.05) is 19.2 Å². The van der Waals surface area contributed by atoms with E-state index in [0.717, 1.165) is 57.8 Å². The number of amides is 2. The maximum absolute atomic E-state index is 12.5. The van der Waals surface area contributed by atoms with Crippen molar-refractivity contribution in [3.05, 3.63) is 11.1 Å². The first-order chi connectivity index (χ1) is 14.0. The second kappa shape index (κ2) is 11.0. The first-order valence-corrected chi connectivity index (χ1v) is 11.6. The van der Waals surface area contributed by atoms with Crippen molar-refractivity contribution < 1.29 is 19.1 Å². The van der Waals surface area contributed by atoms with Crippen LogP contribution in [0.4, 0.5) is 5.13 Å². The van der Waals surface area contributed by atoms with Crippen molar-refractivity contribution in [1.29, 1.82) is 0 Å².